The van der Waals surface area contributed by atoms with E-state index in [9.17, 15) is 18.9 Å². The molecule has 0 bridgehead atoms. The van der Waals surface area contributed by atoms with Crippen LogP contribution in [-0.2, 0) is 33.4 Å². The summed E-state index contributed by atoms with van der Waals surface area (Å²) in [5.41, 5.74) is 5.96. The number of pyridine rings is 1. The molecule has 16 nitrogen and oxygen atoms in total. The summed E-state index contributed by atoms with van der Waals surface area (Å²) in [6.07, 6.45) is 5.85. The molecule has 1 atom stereocenters. The second-order valence-electron chi connectivity index (χ2n) is 17.2. The molecule has 5 heterocycles. The topological polar surface area (TPSA) is 198 Å². The monoisotopic (exact) mass is 998 g/mol. The molecule has 6 aromatic rings. The number of hydrogen-bond donors (Lipinski definition) is 5. The number of aromatic nitrogens is 4. The fourth-order valence-corrected chi connectivity index (χ4v) is 10.8. The molecular formula is C48H57BrFN10O6P. The number of piperidine rings is 2. The van der Waals surface area contributed by atoms with Crippen molar-refractivity contribution in [1.29, 1.82) is 0 Å². The number of ether oxygens (including phenoxy) is 1. The highest BCUT2D eigenvalue weighted by Gasteiger charge is 2.32. The lowest BCUT2D eigenvalue weighted by atomic mass is 10.0. The lowest BCUT2D eigenvalue weighted by Crippen LogP contribution is -2.44. The molecule has 1 unspecified atom stereocenters. The number of aryl methyl sites for hydroxylation is 2. The van der Waals surface area contributed by atoms with Crippen molar-refractivity contribution >= 4 is 91.0 Å². The standard InChI is InChI=1S/C48H57BrFN10O6P/c1-6-28-25-36(56-47-53-27-33(49)45(58-47)55-35-13-12-34-32(44(35)67(4,5)64)11-10-30(7-2)54-34)40(65-8-3)26-39(28)59-23-18-31(19-24-59)52-22-21-51-20-17-29-9-14-37-43(42(29)50)66-48(63)60(37)38-15-16-41(61)57-46(38)62/h9-14,25-27,31,38,51-52H,6-8,15-24H2,1-5H3,(H,57,61,62)(H2,53,55,56,58). The third-order valence-electron chi connectivity index (χ3n) is 12.4. The molecule has 3 aromatic carbocycles. The third-order valence-corrected chi connectivity index (χ3v) is 14.5. The summed E-state index contributed by atoms with van der Waals surface area (Å²) in [7, 11) is -2.75. The van der Waals surface area contributed by atoms with Gasteiger partial charge in [-0.1, -0.05) is 26.0 Å². The maximum atomic E-state index is 15.5. The van der Waals surface area contributed by atoms with E-state index in [4.69, 9.17) is 19.1 Å². The molecule has 19 heteroatoms. The molecular weight excluding hydrogens is 942 g/mol. The Morgan fingerprint density at radius 2 is 1.73 bits per heavy atom. The Balaban J connectivity index is 0.857. The number of nitrogens with zero attached hydrogens (tertiary/aromatic N) is 5. The Bertz CT molecular complexity index is 2930. The van der Waals surface area contributed by atoms with Gasteiger partial charge in [0.05, 0.1) is 33.5 Å². The maximum Gasteiger partial charge on any atom is 0.420 e. The first-order valence-corrected chi connectivity index (χ1v) is 26.3. The highest BCUT2D eigenvalue weighted by atomic mass is 79.9. The van der Waals surface area contributed by atoms with Gasteiger partial charge in [0.1, 0.15) is 24.8 Å². The van der Waals surface area contributed by atoms with Gasteiger partial charge in [0.25, 0.3) is 0 Å². The van der Waals surface area contributed by atoms with Crippen molar-refractivity contribution in [3.63, 3.8) is 0 Å². The van der Waals surface area contributed by atoms with Crippen molar-refractivity contribution in [2.24, 2.45) is 0 Å². The Labute approximate surface area is 396 Å². The first kappa shape index (κ1) is 47.8. The summed E-state index contributed by atoms with van der Waals surface area (Å²) in [4.78, 5) is 53.3. The molecule has 3 aromatic heterocycles. The van der Waals surface area contributed by atoms with Crippen LogP contribution in [0.3, 0.4) is 0 Å². The van der Waals surface area contributed by atoms with Crippen LogP contribution in [0.25, 0.3) is 22.0 Å². The normalized spacial score (nSPS) is 15.9. The zero-order chi connectivity index (χ0) is 47.4. The zero-order valence-electron chi connectivity index (χ0n) is 38.4. The van der Waals surface area contributed by atoms with Crippen LogP contribution in [0.15, 0.2) is 68.4 Å². The first-order chi connectivity index (χ1) is 32.3. The van der Waals surface area contributed by atoms with Gasteiger partial charge >= 0.3 is 5.76 Å². The molecule has 2 aliphatic heterocycles. The minimum absolute atomic E-state index is 0.0887. The molecule has 2 amide bonds. The predicted octanol–water partition coefficient (Wildman–Crippen LogP) is 7.46. The van der Waals surface area contributed by atoms with Gasteiger partial charge < -0.3 is 39.9 Å². The minimum atomic E-state index is -2.75. The number of anilines is 5. The van der Waals surface area contributed by atoms with Crippen LogP contribution in [0.4, 0.5) is 33.2 Å². The quantitative estimate of drug-likeness (QED) is 0.0323. The summed E-state index contributed by atoms with van der Waals surface area (Å²) in [5.74, 6) is -0.861. The van der Waals surface area contributed by atoms with Crippen molar-refractivity contribution < 1.29 is 27.7 Å². The zero-order valence-corrected chi connectivity index (χ0v) is 40.9. The van der Waals surface area contributed by atoms with Gasteiger partial charge in [-0.05, 0) is 123 Å². The fraction of sp³-hybridized carbons (Fsp3) is 0.417. The van der Waals surface area contributed by atoms with Crippen molar-refractivity contribution in [3.05, 3.63) is 92.4 Å². The van der Waals surface area contributed by atoms with Crippen LogP contribution in [-0.4, -0.2) is 90.0 Å². The van der Waals surface area contributed by atoms with Crippen LogP contribution in [0.5, 0.6) is 5.75 Å². The van der Waals surface area contributed by atoms with E-state index in [0.29, 0.717) is 65.4 Å². The lowest BCUT2D eigenvalue weighted by Gasteiger charge is -2.35. The number of carbonyl (C=O) groups is 2. The smallest absolute Gasteiger partial charge is 0.420 e. The number of oxazole rings is 1. The number of amides is 2. The second-order valence-corrected chi connectivity index (χ2v) is 21.2. The van der Waals surface area contributed by atoms with Gasteiger partial charge in [0.15, 0.2) is 11.4 Å². The molecule has 5 N–H and O–H groups in total. The average molecular weight is 1000 g/mol. The average Bonchev–Trinajstić information content (AvgIpc) is 3.65. The summed E-state index contributed by atoms with van der Waals surface area (Å²) >= 11 is 3.62. The number of halogens is 2. The van der Waals surface area contributed by atoms with E-state index in [1.807, 2.05) is 31.2 Å². The summed E-state index contributed by atoms with van der Waals surface area (Å²) in [6, 6.07) is 14.7. The molecule has 0 aliphatic carbocycles. The minimum Gasteiger partial charge on any atom is -0.492 e. The van der Waals surface area contributed by atoms with Crippen LogP contribution >= 0.6 is 23.1 Å². The van der Waals surface area contributed by atoms with Crippen molar-refractivity contribution in [3.8, 4) is 5.75 Å². The molecule has 2 aliphatic rings. The van der Waals surface area contributed by atoms with E-state index < -0.39 is 36.6 Å². The highest BCUT2D eigenvalue weighted by molar-refractivity contribution is 9.10. The largest absolute Gasteiger partial charge is 0.492 e. The van der Waals surface area contributed by atoms with Crippen molar-refractivity contribution in [2.75, 3.05) is 68.2 Å². The lowest BCUT2D eigenvalue weighted by molar-refractivity contribution is -0.135. The van der Waals surface area contributed by atoms with E-state index in [2.05, 4.69) is 78.4 Å². The molecule has 0 spiro atoms. The number of hydrogen-bond acceptors (Lipinski definition) is 14. The Kier molecular flexibility index (Phi) is 14.8. The Morgan fingerprint density at radius 1 is 0.925 bits per heavy atom. The molecule has 67 heavy (non-hydrogen) atoms. The number of carbonyl (C=O) groups excluding carboxylic acids is 2. The maximum absolute atomic E-state index is 15.5. The summed E-state index contributed by atoms with van der Waals surface area (Å²) in [5, 5.41) is 17.7. The molecule has 0 saturated carbocycles. The van der Waals surface area contributed by atoms with Gasteiger partial charge in [0, 0.05) is 73.0 Å². The number of fused-ring (bicyclic) bond motifs is 2. The summed E-state index contributed by atoms with van der Waals surface area (Å²) < 4.78 is 42.4. The van der Waals surface area contributed by atoms with Crippen LogP contribution in [0.1, 0.15) is 69.3 Å². The number of benzene rings is 3. The number of nitrogens with one attached hydrogen (secondary N) is 5. The fourth-order valence-electron chi connectivity index (χ4n) is 9.00. The van der Waals surface area contributed by atoms with Gasteiger partial charge in [0.2, 0.25) is 17.8 Å². The molecule has 0 radical (unpaired) electrons. The van der Waals surface area contributed by atoms with Crippen LogP contribution < -0.4 is 47.3 Å². The second kappa shape index (κ2) is 20.7. The summed E-state index contributed by atoms with van der Waals surface area (Å²) in [6.45, 7) is 13.9. The predicted molar refractivity (Wildman–Crippen MR) is 265 cm³/mol. The van der Waals surface area contributed by atoms with E-state index in [1.54, 1.807) is 31.7 Å². The Hall–Kier alpha value is -5.68. The third kappa shape index (κ3) is 10.6. The molecule has 2 saturated heterocycles. The van der Waals surface area contributed by atoms with Crippen LogP contribution in [0, 0.1) is 5.82 Å². The van der Waals surface area contributed by atoms with Gasteiger partial charge in [-0.3, -0.25) is 24.5 Å². The Morgan fingerprint density at radius 3 is 2.46 bits per heavy atom. The van der Waals surface area contributed by atoms with E-state index >= 15 is 4.39 Å². The van der Waals surface area contributed by atoms with Gasteiger partial charge in [-0.25, -0.2) is 14.2 Å². The molecule has 354 valence electrons. The highest BCUT2D eigenvalue weighted by Crippen LogP contribution is 2.42. The number of rotatable bonds is 18. The van der Waals surface area contributed by atoms with E-state index in [0.717, 1.165) is 83.2 Å². The molecule has 8 rings (SSSR count). The first-order valence-electron chi connectivity index (χ1n) is 23.0. The molecule has 2 fully saturated rings. The van der Waals surface area contributed by atoms with Crippen LogP contribution in [0.2, 0.25) is 0 Å². The van der Waals surface area contributed by atoms with E-state index in [1.165, 1.54) is 5.56 Å². The van der Waals surface area contributed by atoms with Crippen molar-refractivity contribution in [1.82, 2.24) is 35.5 Å². The SMILES string of the molecule is CCOc1cc(N2CCC(NCCNCCc3ccc4c(oc(=O)n4C4CCC(=O)NC4=O)c3F)CC2)c(CC)cc1Nc1ncc(Br)c(Nc2ccc3nc(CC)ccc3c2P(C)(C)=O)n1. The van der Waals surface area contributed by atoms with Crippen molar-refractivity contribution in [2.45, 2.75) is 77.8 Å². The van der Waals surface area contributed by atoms with Gasteiger partial charge in [-0.15, -0.1) is 0 Å². The van der Waals surface area contributed by atoms with E-state index in [-0.39, 0.29) is 23.9 Å². The number of imide groups is 1. The van der Waals surface area contributed by atoms with Gasteiger partial charge in [-0.2, -0.15) is 4.98 Å².